The summed E-state index contributed by atoms with van der Waals surface area (Å²) in [5.41, 5.74) is 1.73. The lowest BCUT2D eigenvalue weighted by Crippen LogP contribution is -2.28. The first-order chi connectivity index (χ1) is 13.6. The summed E-state index contributed by atoms with van der Waals surface area (Å²) < 4.78 is 12.8. The fourth-order valence-electron chi connectivity index (χ4n) is 3.65. The van der Waals surface area contributed by atoms with E-state index in [2.05, 4.69) is 22.4 Å². The minimum absolute atomic E-state index is 0.0374. The second-order valence-electron chi connectivity index (χ2n) is 7.38. The molecule has 0 radical (unpaired) electrons. The van der Waals surface area contributed by atoms with E-state index in [1.54, 1.807) is 12.1 Å². The van der Waals surface area contributed by atoms with Gasteiger partial charge in [-0.3, -0.25) is 9.78 Å². The molecule has 1 heterocycles. The molecule has 1 saturated carbocycles. The second kappa shape index (κ2) is 9.98. The molecule has 1 aliphatic rings. The van der Waals surface area contributed by atoms with Crippen LogP contribution < -0.4 is 5.32 Å². The molecule has 0 bridgehead atoms. The van der Waals surface area contributed by atoms with Gasteiger partial charge in [0.1, 0.15) is 5.82 Å². The number of carbonyl (C=O) groups is 1. The van der Waals surface area contributed by atoms with Crippen molar-refractivity contribution in [3.63, 3.8) is 0 Å². The van der Waals surface area contributed by atoms with Gasteiger partial charge in [-0.15, -0.1) is 0 Å². The first-order valence-electron chi connectivity index (χ1n) is 9.99. The molecule has 1 N–H and O–H groups in total. The van der Waals surface area contributed by atoms with Crippen LogP contribution in [0.15, 0.2) is 66.9 Å². The summed E-state index contributed by atoms with van der Waals surface area (Å²) >= 11 is 0. The Bertz CT molecular complexity index is 823. The minimum atomic E-state index is -0.284. The van der Waals surface area contributed by atoms with E-state index in [0.29, 0.717) is 11.6 Å². The van der Waals surface area contributed by atoms with Crippen molar-refractivity contribution < 1.29 is 9.18 Å². The fraction of sp³-hybridized carbons (Fsp3) is 0.333. The SMILES string of the molecule is CC(C(=O)Nc1ccc(F)cc1)C1CCCCC1.c1ccc2ncccc2c1. The molecule has 0 aliphatic heterocycles. The van der Waals surface area contributed by atoms with E-state index in [1.807, 2.05) is 37.4 Å². The summed E-state index contributed by atoms with van der Waals surface area (Å²) in [6.07, 6.45) is 7.87. The Morgan fingerprint density at radius 1 is 1.00 bits per heavy atom. The number of benzene rings is 2. The smallest absolute Gasteiger partial charge is 0.227 e. The van der Waals surface area contributed by atoms with E-state index in [4.69, 9.17) is 0 Å². The molecule has 1 aliphatic carbocycles. The van der Waals surface area contributed by atoms with E-state index in [9.17, 15) is 9.18 Å². The molecule has 1 aromatic heterocycles. The van der Waals surface area contributed by atoms with Crippen LogP contribution in [0.3, 0.4) is 0 Å². The van der Waals surface area contributed by atoms with E-state index >= 15 is 0 Å². The number of aromatic nitrogens is 1. The van der Waals surface area contributed by atoms with Gasteiger partial charge in [0.2, 0.25) is 5.91 Å². The van der Waals surface area contributed by atoms with Crippen molar-refractivity contribution in [1.82, 2.24) is 4.98 Å². The highest BCUT2D eigenvalue weighted by Crippen LogP contribution is 2.30. The summed E-state index contributed by atoms with van der Waals surface area (Å²) in [7, 11) is 0. The molecule has 0 saturated heterocycles. The number of pyridine rings is 1. The monoisotopic (exact) mass is 378 g/mol. The number of amides is 1. The van der Waals surface area contributed by atoms with Crippen molar-refractivity contribution in [3.05, 3.63) is 72.7 Å². The van der Waals surface area contributed by atoms with Gasteiger partial charge in [-0.1, -0.05) is 50.5 Å². The Hall–Kier alpha value is -2.75. The highest BCUT2D eigenvalue weighted by molar-refractivity contribution is 5.92. The Labute approximate surface area is 166 Å². The summed E-state index contributed by atoms with van der Waals surface area (Å²) in [4.78, 5) is 16.3. The van der Waals surface area contributed by atoms with E-state index in [-0.39, 0.29) is 17.6 Å². The average molecular weight is 378 g/mol. The molecule has 4 rings (SSSR count). The van der Waals surface area contributed by atoms with Gasteiger partial charge in [-0.25, -0.2) is 4.39 Å². The number of nitrogens with one attached hydrogen (secondary N) is 1. The second-order valence-corrected chi connectivity index (χ2v) is 7.38. The van der Waals surface area contributed by atoms with Gasteiger partial charge in [0.05, 0.1) is 5.52 Å². The van der Waals surface area contributed by atoms with Gasteiger partial charge >= 0.3 is 0 Å². The van der Waals surface area contributed by atoms with E-state index in [1.165, 1.54) is 36.8 Å². The summed E-state index contributed by atoms with van der Waals surface area (Å²) in [5, 5.41) is 4.06. The van der Waals surface area contributed by atoms with Crippen LogP contribution in [0.5, 0.6) is 0 Å². The molecule has 1 amide bonds. The van der Waals surface area contributed by atoms with Gasteiger partial charge in [0.25, 0.3) is 0 Å². The molecule has 3 aromatic rings. The number of carbonyl (C=O) groups excluding carboxylic acids is 1. The van der Waals surface area contributed by atoms with Gasteiger partial charge in [0, 0.05) is 23.2 Å². The van der Waals surface area contributed by atoms with Crippen LogP contribution >= 0.6 is 0 Å². The maximum absolute atomic E-state index is 12.8. The largest absolute Gasteiger partial charge is 0.326 e. The maximum Gasteiger partial charge on any atom is 0.227 e. The first kappa shape index (κ1) is 20.0. The van der Waals surface area contributed by atoms with Gasteiger partial charge in [0.15, 0.2) is 0 Å². The van der Waals surface area contributed by atoms with Gasteiger partial charge in [-0.05, 0) is 55.2 Å². The molecular weight excluding hydrogens is 351 g/mol. The molecule has 4 heteroatoms. The standard InChI is InChI=1S/C15H20FNO.C9H7N/c1-11(12-5-3-2-4-6-12)15(18)17-14-9-7-13(16)8-10-14;1-2-6-9-8(4-1)5-3-7-10-9/h7-12H,2-6H2,1H3,(H,17,18);1-7H. The predicted octanol–water partition coefficient (Wildman–Crippen LogP) is 6.22. The highest BCUT2D eigenvalue weighted by atomic mass is 19.1. The Morgan fingerprint density at radius 2 is 1.68 bits per heavy atom. The molecule has 1 unspecified atom stereocenters. The number of hydrogen-bond donors (Lipinski definition) is 1. The van der Waals surface area contributed by atoms with Crippen LogP contribution in [-0.4, -0.2) is 10.9 Å². The first-order valence-corrected chi connectivity index (χ1v) is 9.99. The lowest BCUT2D eigenvalue weighted by molar-refractivity contribution is -0.121. The van der Waals surface area contributed by atoms with Crippen LogP contribution in [0.1, 0.15) is 39.0 Å². The minimum Gasteiger partial charge on any atom is -0.326 e. The number of anilines is 1. The lowest BCUT2D eigenvalue weighted by Gasteiger charge is -2.26. The predicted molar refractivity (Wildman–Crippen MR) is 113 cm³/mol. The third-order valence-corrected chi connectivity index (χ3v) is 5.39. The van der Waals surface area contributed by atoms with Crippen molar-refractivity contribution in [1.29, 1.82) is 0 Å². The highest BCUT2D eigenvalue weighted by Gasteiger charge is 2.25. The number of halogens is 1. The van der Waals surface area contributed by atoms with Crippen LogP contribution in [0, 0.1) is 17.7 Å². The third-order valence-electron chi connectivity index (χ3n) is 5.39. The van der Waals surface area contributed by atoms with Crippen molar-refractivity contribution in [2.45, 2.75) is 39.0 Å². The topological polar surface area (TPSA) is 42.0 Å². The Balaban J connectivity index is 0.000000188. The average Bonchev–Trinajstić information content (AvgIpc) is 2.76. The summed E-state index contributed by atoms with van der Waals surface area (Å²) in [6, 6.07) is 18.0. The molecule has 2 aromatic carbocycles. The van der Waals surface area contributed by atoms with Crippen molar-refractivity contribution in [2.75, 3.05) is 5.32 Å². The Kier molecular flexibility index (Phi) is 7.12. The zero-order chi connectivity index (χ0) is 19.8. The molecule has 3 nitrogen and oxygen atoms in total. The number of hydrogen-bond acceptors (Lipinski definition) is 2. The van der Waals surface area contributed by atoms with Gasteiger partial charge in [-0.2, -0.15) is 0 Å². The van der Waals surface area contributed by atoms with Crippen molar-refractivity contribution in [2.24, 2.45) is 11.8 Å². The number of nitrogens with zero attached hydrogens (tertiary/aromatic N) is 1. The number of para-hydroxylation sites is 1. The zero-order valence-electron chi connectivity index (χ0n) is 16.3. The van der Waals surface area contributed by atoms with Crippen molar-refractivity contribution in [3.8, 4) is 0 Å². The molecular formula is C24H27FN2O. The van der Waals surface area contributed by atoms with Crippen molar-refractivity contribution >= 4 is 22.5 Å². The number of rotatable bonds is 3. The van der Waals surface area contributed by atoms with Crippen LogP contribution in [0.4, 0.5) is 10.1 Å². The molecule has 1 fully saturated rings. The lowest BCUT2D eigenvalue weighted by atomic mass is 9.80. The molecule has 0 spiro atoms. The van der Waals surface area contributed by atoms with Gasteiger partial charge < -0.3 is 5.32 Å². The normalized spacial score (nSPS) is 15.4. The molecule has 146 valence electrons. The molecule has 28 heavy (non-hydrogen) atoms. The summed E-state index contributed by atoms with van der Waals surface area (Å²) in [6.45, 7) is 1.99. The fourth-order valence-corrected chi connectivity index (χ4v) is 3.65. The van der Waals surface area contributed by atoms with Crippen LogP contribution in [-0.2, 0) is 4.79 Å². The van der Waals surface area contributed by atoms with E-state index < -0.39 is 0 Å². The number of fused-ring (bicyclic) bond motifs is 1. The quantitative estimate of drug-likeness (QED) is 0.588. The zero-order valence-corrected chi connectivity index (χ0v) is 16.3. The Morgan fingerprint density at radius 3 is 2.39 bits per heavy atom. The van der Waals surface area contributed by atoms with E-state index in [0.717, 1.165) is 18.4 Å². The van der Waals surface area contributed by atoms with Crippen LogP contribution in [0.25, 0.3) is 10.9 Å². The van der Waals surface area contributed by atoms with Crippen LogP contribution in [0.2, 0.25) is 0 Å². The summed E-state index contributed by atoms with van der Waals surface area (Å²) in [5.74, 6) is 0.302. The third kappa shape index (κ3) is 5.62. The maximum atomic E-state index is 12.8. The molecule has 1 atom stereocenters.